The first-order valence-electron chi connectivity index (χ1n) is 6.80. The van der Waals surface area contributed by atoms with Crippen molar-refractivity contribution in [2.24, 2.45) is 0 Å². The number of nitrogen functional groups attached to an aromatic ring is 1. The lowest BCUT2D eigenvalue weighted by atomic mass is 10.2. The summed E-state index contributed by atoms with van der Waals surface area (Å²) in [6.45, 7) is 6.12. The van der Waals surface area contributed by atoms with Crippen LogP contribution in [-0.4, -0.2) is 30.7 Å². The van der Waals surface area contributed by atoms with E-state index in [2.05, 4.69) is 0 Å². The topological polar surface area (TPSA) is 107 Å². The van der Waals surface area contributed by atoms with Gasteiger partial charge in [0.25, 0.3) is 5.69 Å². The number of nitrogens with zero attached hydrogens (tertiary/aromatic N) is 2. The van der Waals surface area contributed by atoms with Crippen LogP contribution in [0.15, 0.2) is 17.0 Å². The van der Waals surface area contributed by atoms with E-state index in [0.29, 0.717) is 31.5 Å². The third kappa shape index (κ3) is 3.70. The maximum Gasteiger partial charge on any atom is 0.293 e. The molecule has 0 unspecified atom stereocenters. The molecule has 0 aliphatic carbocycles. The Morgan fingerprint density at radius 3 is 2.19 bits per heavy atom. The molecule has 2 N–H and O–H groups in total. The third-order valence-corrected chi connectivity index (χ3v) is 5.13. The molecule has 7 nitrogen and oxygen atoms in total. The fourth-order valence-electron chi connectivity index (χ4n) is 2.13. The molecule has 0 aliphatic heterocycles. The minimum Gasteiger partial charge on any atom is -0.393 e. The van der Waals surface area contributed by atoms with Crippen molar-refractivity contribution in [3.8, 4) is 0 Å². The SMILES string of the molecule is CCCN(CCC)S(=O)(=O)c1cc([N+](=O)[O-])c(N)cc1C. The molecule has 0 aromatic heterocycles. The summed E-state index contributed by atoms with van der Waals surface area (Å²) in [6.07, 6.45) is 1.35. The molecule has 21 heavy (non-hydrogen) atoms. The van der Waals surface area contributed by atoms with E-state index in [0.717, 1.165) is 6.07 Å². The van der Waals surface area contributed by atoms with Crippen molar-refractivity contribution < 1.29 is 13.3 Å². The Labute approximate surface area is 124 Å². The molecule has 1 aromatic rings. The summed E-state index contributed by atoms with van der Waals surface area (Å²) in [5, 5.41) is 11.0. The van der Waals surface area contributed by atoms with Crippen LogP contribution in [0.3, 0.4) is 0 Å². The van der Waals surface area contributed by atoms with Gasteiger partial charge in [0.05, 0.1) is 9.82 Å². The summed E-state index contributed by atoms with van der Waals surface area (Å²) in [5.74, 6) is 0. The van der Waals surface area contributed by atoms with Gasteiger partial charge in [-0.1, -0.05) is 13.8 Å². The summed E-state index contributed by atoms with van der Waals surface area (Å²) in [6, 6.07) is 2.39. The molecule has 0 heterocycles. The molecule has 0 radical (unpaired) electrons. The number of nitro groups is 1. The van der Waals surface area contributed by atoms with Crippen molar-refractivity contribution in [3.63, 3.8) is 0 Å². The second-order valence-corrected chi connectivity index (χ2v) is 6.74. The Kier molecular flexibility index (Phi) is 5.68. The summed E-state index contributed by atoms with van der Waals surface area (Å²) < 4.78 is 26.7. The largest absolute Gasteiger partial charge is 0.393 e. The first-order chi connectivity index (χ1) is 9.75. The van der Waals surface area contributed by atoms with Crippen molar-refractivity contribution in [1.29, 1.82) is 0 Å². The van der Waals surface area contributed by atoms with Gasteiger partial charge >= 0.3 is 0 Å². The van der Waals surface area contributed by atoms with Crippen LogP contribution in [0, 0.1) is 17.0 Å². The molecular weight excluding hydrogens is 294 g/mol. The van der Waals surface area contributed by atoms with Crippen LogP contribution in [0.2, 0.25) is 0 Å². The van der Waals surface area contributed by atoms with E-state index in [1.54, 1.807) is 6.92 Å². The van der Waals surface area contributed by atoms with Crippen LogP contribution in [0.25, 0.3) is 0 Å². The molecule has 0 amide bonds. The molecule has 1 rings (SSSR count). The first-order valence-corrected chi connectivity index (χ1v) is 8.24. The maximum atomic E-state index is 12.7. The van der Waals surface area contributed by atoms with E-state index in [1.165, 1.54) is 10.4 Å². The van der Waals surface area contributed by atoms with Crippen molar-refractivity contribution in [2.75, 3.05) is 18.8 Å². The molecule has 0 spiro atoms. The van der Waals surface area contributed by atoms with Crippen molar-refractivity contribution >= 4 is 21.4 Å². The Morgan fingerprint density at radius 1 is 1.24 bits per heavy atom. The van der Waals surface area contributed by atoms with Crippen molar-refractivity contribution in [3.05, 3.63) is 27.8 Å². The monoisotopic (exact) mass is 315 g/mol. The average Bonchev–Trinajstić information content (AvgIpc) is 2.37. The highest BCUT2D eigenvalue weighted by molar-refractivity contribution is 7.89. The fraction of sp³-hybridized carbons (Fsp3) is 0.538. The van der Waals surface area contributed by atoms with Gasteiger partial charge in [0.1, 0.15) is 5.69 Å². The molecule has 0 saturated carbocycles. The van der Waals surface area contributed by atoms with Crippen LogP contribution in [0.4, 0.5) is 11.4 Å². The Bertz CT molecular complexity index is 623. The van der Waals surface area contributed by atoms with E-state index >= 15 is 0 Å². The molecule has 0 bridgehead atoms. The van der Waals surface area contributed by atoms with Gasteiger partial charge in [0.2, 0.25) is 10.0 Å². The zero-order valence-corrected chi connectivity index (χ0v) is 13.3. The van der Waals surface area contributed by atoms with Crippen molar-refractivity contribution in [2.45, 2.75) is 38.5 Å². The number of aryl methyl sites for hydroxylation is 1. The number of hydrogen-bond acceptors (Lipinski definition) is 5. The molecule has 0 atom stereocenters. The summed E-state index contributed by atoms with van der Waals surface area (Å²) in [5.41, 5.74) is 5.57. The number of benzene rings is 1. The summed E-state index contributed by atoms with van der Waals surface area (Å²) in [4.78, 5) is 10.2. The zero-order valence-electron chi connectivity index (χ0n) is 12.5. The molecule has 0 aliphatic rings. The lowest BCUT2D eigenvalue weighted by molar-refractivity contribution is -0.384. The van der Waals surface area contributed by atoms with Crippen LogP contribution in [0.5, 0.6) is 0 Å². The van der Waals surface area contributed by atoms with E-state index in [9.17, 15) is 18.5 Å². The lowest BCUT2D eigenvalue weighted by Gasteiger charge is -2.22. The predicted molar refractivity (Wildman–Crippen MR) is 81.6 cm³/mol. The van der Waals surface area contributed by atoms with Gasteiger partial charge in [-0.25, -0.2) is 8.42 Å². The highest BCUT2D eigenvalue weighted by Crippen LogP contribution is 2.30. The molecule has 0 saturated heterocycles. The second kappa shape index (κ2) is 6.86. The van der Waals surface area contributed by atoms with Crippen LogP contribution < -0.4 is 5.73 Å². The van der Waals surface area contributed by atoms with Crippen LogP contribution in [-0.2, 0) is 10.0 Å². The molecule has 8 heteroatoms. The predicted octanol–water partition coefficient (Wildman–Crippen LogP) is 2.30. The third-order valence-electron chi connectivity index (χ3n) is 3.08. The van der Waals surface area contributed by atoms with Crippen LogP contribution in [0.1, 0.15) is 32.3 Å². The Balaban J connectivity index is 3.42. The number of sulfonamides is 1. The van der Waals surface area contributed by atoms with Gasteiger partial charge in [0, 0.05) is 19.2 Å². The maximum absolute atomic E-state index is 12.7. The summed E-state index contributed by atoms with van der Waals surface area (Å²) >= 11 is 0. The molecular formula is C13H21N3O4S. The van der Waals surface area contributed by atoms with E-state index in [-0.39, 0.29) is 16.3 Å². The smallest absolute Gasteiger partial charge is 0.293 e. The van der Waals surface area contributed by atoms with E-state index < -0.39 is 14.9 Å². The zero-order chi connectivity index (χ0) is 16.2. The number of anilines is 1. The normalized spacial score (nSPS) is 11.8. The summed E-state index contributed by atoms with van der Waals surface area (Å²) in [7, 11) is -3.76. The highest BCUT2D eigenvalue weighted by atomic mass is 32.2. The van der Waals surface area contributed by atoms with Crippen LogP contribution >= 0.6 is 0 Å². The Morgan fingerprint density at radius 2 is 1.76 bits per heavy atom. The van der Waals surface area contributed by atoms with Gasteiger partial charge in [0.15, 0.2) is 0 Å². The average molecular weight is 315 g/mol. The van der Waals surface area contributed by atoms with E-state index in [1.807, 2.05) is 13.8 Å². The molecule has 1 aromatic carbocycles. The van der Waals surface area contributed by atoms with Gasteiger partial charge in [-0.05, 0) is 31.4 Å². The highest BCUT2D eigenvalue weighted by Gasteiger charge is 2.28. The second-order valence-electron chi connectivity index (χ2n) is 4.84. The fourth-order valence-corrected chi connectivity index (χ4v) is 3.98. The van der Waals surface area contributed by atoms with Gasteiger partial charge in [-0.3, -0.25) is 10.1 Å². The Hall–Kier alpha value is -1.67. The lowest BCUT2D eigenvalue weighted by Crippen LogP contribution is -2.33. The minimum absolute atomic E-state index is 0.0333. The van der Waals surface area contributed by atoms with Crippen molar-refractivity contribution in [1.82, 2.24) is 4.31 Å². The number of hydrogen-bond donors (Lipinski definition) is 1. The quantitative estimate of drug-likeness (QED) is 0.472. The number of rotatable bonds is 7. The van der Waals surface area contributed by atoms with Gasteiger partial charge < -0.3 is 5.73 Å². The standard InChI is InChI=1S/C13H21N3O4S/c1-4-6-15(7-5-2)21(19,20)13-9-12(16(17)18)11(14)8-10(13)3/h8-9H,4-7,14H2,1-3H3. The first kappa shape index (κ1) is 17.4. The minimum atomic E-state index is -3.76. The van der Waals surface area contributed by atoms with E-state index in [4.69, 9.17) is 5.73 Å². The van der Waals surface area contributed by atoms with Gasteiger partial charge in [-0.15, -0.1) is 0 Å². The molecule has 0 fully saturated rings. The molecule has 118 valence electrons. The number of nitrogens with two attached hydrogens (primary N) is 1. The number of nitro benzene ring substituents is 1. The van der Waals surface area contributed by atoms with Gasteiger partial charge in [-0.2, -0.15) is 4.31 Å².